The van der Waals surface area contributed by atoms with Crippen molar-refractivity contribution < 1.29 is 28.3 Å². The van der Waals surface area contributed by atoms with E-state index in [2.05, 4.69) is 5.16 Å². The molecule has 2 rings (SSSR count). The summed E-state index contributed by atoms with van der Waals surface area (Å²) in [4.78, 5) is 24.8. The highest BCUT2D eigenvalue weighted by Crippen LogP contribution is 2.18. The number of amides is 1. The number of halogens is 1. The maximum atomic E-state index is 13.5. The molecule has 0 aliphatic rings. The van der Waals surface area contributed by atoms with Crippen LogP contribution in [0, 0.1) is 11.7 Å². The molecule has 0 atom stereocenters. The zero-order valence-corrected chi connectivity index (χ0v) is 14.6. The average molecular weight is 364 g/mol. The van der Waals surface area contributed by atoms with Crippen LogP contribution in [0.3, 0.4) is 0 Å². The van der Waals surface area contributed by atoms with Gasteiger partial charge in [0.2, 0.25) is 0 Å². The third kappa shape index (κ3) is 5.58. The molecule has 0 spiro atoms. The van der Waals surface area contributed by atoms with Crippen molar-refractivity contribution >= 4 is 11.9 Å². The third-order valence-electron chi connectivity index (χ3n) is 3.45. The molecular formula is C18H21FN2O5. The van der Waals surface area contributed by atoms with Crippen LogP contribution in [-0.4, -0.2) is 40.1 Å². The van der Waals surface area contributed by atoms with E-state index in [0.717, 1.165) is 0 Å². The number of hydrogen-bond acceptors (Lipinski definition) is 5. The van der Waals surface area contributed by atoms with Crippen LogP contribution in [0.25, 0.3) is 0 Å². The van der Waals surface area contributed by atoms with Crippen LogP contribution < -0.4 is 4.74 Å². The van der Waals surface area contributed by atoms with Gasteiger partial charge in [0.05, 0.1) is 6.42 Å². The van der Waals surface area contributed by atoms with Gasteiger partial charge in [0.25, 0.3) is 5.91 Å². The number of ether oxygens (including phenoxy) is 1. The molecule has 1 aromatic heterocycles. The van der Waals surface area contributed by atoms with Crippen molar-refractivity contribution in [3.05, 3.63) is 47.6 Å². The summed E-state index contributed by atoms with van der Waals surface area (Å²) in [7, 11) is 0. The van der Waals surface area contributed by atoms with E-state index in [4.69, 9.17) is 14.4 Å². The monoisotopic (exact) mass is 364 g/mol. The van der Waals surface area contributed by atoms with E-state index in [-0.39, 0.29) is 42.7 Å². The van der Waals surface area contributed by atoms with Crippen molar-refractivity contribution in [2.45, 2.75) is 26.9 Å². The van der Waals surface area contributed by atoms with Gasteiger partial charge >= 0.3 is 5.97 Å². The number of carboxylic acids is 1. The summed E-state index contributed by atoms with van der Waals surface area (Å²) >= 11 is 0. The fraction of sp³-hybridized carbons (Fsp3) is 0.389. The molecular weight excluding hydrogens is 343 g/mol. The molecule has 0 saturated heterocycles. The summed E-state index contributed by atoms with van der Waals surface area (Å²) in [5, 5.41) is 12.6. The largest absolute Gasteiger partial charge is 0.482 e. The van der Waals surface area contributed by atoms with Crippen molar-refractivity contribution in [1.29, 1.82) is 0 Å². The Morgan fingerprint density at radius 1 is 1.35 bits per heavy atom. The molecule has 1 aromatic carbocycles. The molecule has 0 radical (unpaired) electrons. The smallest absolute Gasteiger partial charge is 0.305 e. The number of hydrogen-bond donors (Lipinski definition) is 1. The van der Waals surface area contributed by atoms with E-state index in [0.29, 0.717) is 6.54 Å². The first kappa shape index (κ1) is 19.4. The van der Waals surface area contributed by atoms with E-state index >= 15 is 0 Å². The van der Waals surface area contributed by atoms with E-state index in [1.807, 2.05) is 13.8 Å². The number of carbonyl (C=O) groups excluding carboxylic acids is 1. The van der Waals surface area contributed by atoms with Crippen molar-refractivity contribution in [2.75, 3.05) is 13.1 Å². The minimum Gasteiger partial charge on any atom is -0.482 e. The van der Waals surface area contributed by atoms with Crippen molar-refractivity contribution in [3.8, 4) is 5.75 Å². The van der Waals surface area contributed by atoms with Gasteiger partial charge < -0.3 is 19.3 Å². The molecule has 1 heterocycles. The maximum Gasteiger partial charge on any atom is 0.305 e. The first-order valence-corrected chi connectivity index (χ1v) is 8.20. The summed E-state index contributed by atoms with van der Waals surface area (Å²) in [6.45, 7) is 4.26. The second-order valence-corrected chi connectivity index (χ2v) is 6.19. The third-order valence-corrected chi connectivity index (χ3v) is 3.45. The highest BCUT2D eigenvalue weighted by atomic mass is 19.1. The molecule has 0 bridgehead atoms. The summed E-state index contributed by atoms with van der Waals surface area (Å²) in [6.07, 6.45) is -0.153. The van der Waals surface area contributed by atoms with Gasteiger partial charge in [0.1, 0.15) is 6.61 Å². The number of benzene rings is 1. The Morgan fingerprint density at radius 3 is 2.73 bits per heavy atom. The Kier molecular flexibility index (Phi) is 6.71. The Bertz CT molecular complexity index is 760. The van der Waals surface area contributed by atoms with E-state index in [1.165, 1.54) is 23.1 Å². The number of carbonyl (C=O) groups is 2. The highest BCUT2D eigenvalue weighted by molar-refractivity contribution is 5.92. The highest BCUT2D eigenvalue weighted by Gasteiger charge is 2.21. The van der Waals surface area contributed by atoms with Crippen LogP contribution in [0.1, 0.15) is 36.5 Å². The van der Waals surface area contributed by atoms with E-state index < -0.39 is 17.7 Å². The van der Waals surface area contributed by atoms with Gasteiger partial charge in [0, 0.05) is 19.2 Å². The van der Waals surface area contributed by atoms with Gasteiger partial charge in [-0.25, -0.2) is 4.39 Å². The summed E-state index contributed by atoms with van der Waals surface area (Å²) in [5.41, 5.74) is 0.0585. The van der Waals surface area contributed by atoms with Crippen LogP contribution in [0.15, 0.2) is 34.9 Å². The second-order valence-electron chi connectivity index (χ2n) is 6.19. The lowest BCUT2D eigenvalue weighted by atomic mass is 10.2. The van der Waals surface area contributed by atoms with Crippen LogP contribution >= 0.6 is 0 Å². The standard InChI is InChI=1S/C18H21FN2O5/c1-12(2)10-21(8-7-17(22)23)18(24)15-9-13(26-20-15)11-25-16-6-4-3-5-14(16)19/h3-6,9,12H,7-8,10-11H2,1-2H3,(H,22,23). The van der Waals surface area contributed by atoms with Gasteiger partial charge in [-0.1, -0.05) is 31.1 Å². The second kappa shape index (κ2) is 8.98. The van der Waals surface area contributed by atoms with Crippen molar-refractivity contribution in [2.24, 2.45) is 5.92 Å². The SMILES string of the molecule is CC(C)CN(CCC(=O)O)C(=O)c1cc(COc2ccccc2F)on1. The van der Waals surface area contributed by atoms with Gasteiger partial charge in [-0.15, -0.1) is 0 Å². The summed E-state index contributed by atoms with van der Waals surface area (Å²) in [6, 6.07) is 7.36. The lowest BCUT2D eigenvalue weighted by Gasteiger charge is -2.22. The lowest BCUT2D eigenvalue weighted by molar-refractivity contribution is -0.137. The lowest BCUT2D eigenvalue weighted by Crippen LogP contribution is -2.36. The van der Waals surface area contributed by atoms with E-state index in [1.54, 1.807) is 12.1 Å². The topological polar surface area (TPSA) is 92.9 Å². The molecule has 2 aromatic rings. The molecule has 0 aliphatic carbocycles. The zero-order valence-electron chi connectivity index (χ0n) is 14.6. The molecule has 0 unspecified atom stereocenters. The van der Waals surface area contributed by atoms with Crippen molar-refractivity contribution in [1.82, 2.24) is 10.1 Å². The van der Waals surface area contributed by atoms with Crippen LogP contribution in [0.2, 0.25) is 0 Å². The average Bonchev–Trinajstić information content (AvgIpc) is 3.06. The number of rotatable bonds is 9. The van der Waals surface area contributed by atoms with Crippen LogP contribution in [0.4, 0.5) is 4.39 Å². The minimum absolute atomic E-state index is 0.0585. The van der Waals surface area contributed by atoms with Crippen LogP contribution in [-0.2, 0) is 11.4 Å². The first-order valence-electron chi connectivity index (χ1n) is 8.20. The Labute approximate surface area is 150 Å². The van der Waals surface area contributed by atoms with E-state index in [9.17, 15) is 14.0 Å². The Hall–Kier alpha value is -2.90. The first-order chi connectivity index (χ1) is 12.4. The number of nitrogens with zero attached hydrogens (tertiary/aromatic N) is 2. The Balaban J connectivity index is 2.02. The van der Waals surface area contributed by atoms with Gasteiger partial charge in [0.15, 0.2) is 23.0 Å². The molecule has 0 fully saturated rings. The molecule has 0 aliphatic heterocycles. The summed E-state index contributed by atoms with van der Waals surface area (Å²) in [5.74, 6) is -1.39. The predicted octanol–water partition coefficient (Wildman–Crippen LogP) is 2.97. The molecule has 7 nitrogen and oxygen atoms in total. The van der Waals surface area contributed by atoms with Gasteiger partial charge in [-0.2, -0.15) is 0 Å². The Morgan fingerprint density at radius 2 is 2.08 bits per heavy atom. The molecule has 1 amide bonds. The molecule has 1 N–H and O–H groups in total. The number of carboxylic acid groups (broad SMARTS) is 1. The fourth-order valence-electron chi connectivity index (χ4n) is 2.30. The van der Waals surface area contributed by atoms with Crippen molar-refractivity contribution in [3.63, 3.8) is 0 Å². The molecule has 8 heteroatoms. The van der Waals surface area contributed by atoms with Gasteiger partial charge in [-0.05, 0) is 18.1 Å². The number of aromatic nitrogens is 1. The number of para-hydroxylation sites is 1. The minimum atomic E-state index is -0.981. The zero-order chi connectivity index (χ0) is 19.1. The molecule has 0 saturated carbocycles. The maximum absolute atomic E-state index is 13.5. The summed E-state index contributed by atoms with van der Waals surface area (Å²) < 4.78 is 23.9. The fourth-order valence-corrected chi connectivity index (χ4v) is 2.30. The number of aliphatic carboxylic acids is 1. The quantitative estimate of drug-likeness (QED) is 0.735. The van der Waals surface area contributed by atoms with Gasteiger partial charge in [-0.3, -0.25) is 9.59 Å². The molecule has 26 heavy (non-hydrogen) atoms. The molecule has 140 valence electrons. The predicted molar refractivity (Wildman–Crippen MR) is 90.2 cm³/mol. The normalized spacial score (nSPS) is 10.8. The van der Waals surface area contributed by atoms with Crippen LogP contribution in [0.5, 0.6) is 5.75 Å².